The zero-order chi connectivity index (χ0) is 10.6. The smallest absolute Gasteiger partial charge is 0.316 e. The minimum Gasteiger partial charge on any atom is -0.461 e. The number of rotatable bonds is 3. The van der Waals surface area contributed by atoms with E-state index in [2.05, 4.69) is 6.58 Å². The van der Waals surface area contributed by atoms with Crippen molar-refractivity contribution in [2.45, 2.75) is 26.2 Å². The molecule has 0 spiro atoms. The first-order chi connectivity index (χ1) is 6.65. The molecule has 0 heterocycles. The molecule has 1 saturated carbocycles. The Hall–Kier alpha value is -1.12. The van der Waals surface area contributed by atoms with Gasteiger partial charge in [0.1, 0.15) is 18.3 Å². The average Bonchev–Trinajstić information content (AvgIpc) is 2.14. The Balaban J connectivity index is 2.47. The van der Waals surface area contributed by atoms with Gasteiger partial charge in [-0.1, -0.05) is 19.6 Å². The van der Waals surface area contributed by atoms with Crippen molar-refractivity contribution in [3.8, 4) is 0 Å². The molecule has 1 aliphatic rings. The van der Waals surface area contributed by atoms with Gasteiger partial charge in [0.2, 0.25) is 0 Å². The second-order valence-corrected chi connectivity index (χ2v) is 3.82. The number of hydrogen-bond donors (Lipinski definition) is 0. The molecule has 0 aliphatic heterocycles. The molecule has 0 bridgehead atoms. The zero-order valence-electron chi connectivity index (χ0n) is 8.49. The molecule has 0 saturated heterocycles. The Morgan fingerprint density at radius 1 is 1.64 bits per heavy atom. The molecular weight excluding hydrogens is 180 g/mol. The highest BCUT2D eigenvalue weighted by atomic mass is 16.5. The topological polar surface area (TPSA) is 43.4 Å². The third-order valence-electron chi connectivity index (χ3n) is 2.51. The van der Waals surface area contributed by atoms with E-state index in [0.29, 0.717) is 18.8 Å². The first kappa shape index (κ1) is 11.0. The van der Waals surface area contributed by atoms with Crippen molar-refractivity contribution >= 4 is 11.8 Å². The van der Waals surface area contributed by atoms with E-state index in [0.717, 1.165) is 6.42 Å². The third kappa shape index (κ3) is 2.69. The van der Waals surface area contributed by atoms with Crippen LogP contribution in [0.1, 0.15) is 26.2 Å². The average molecular weight is 196 g/mol. The summed E-state index contributed by atoms with van der Waals surface area (Å²) in [5.74, 6) is -0.475. The van der Waals surface area contributed by atoms with Crippen molar-refractivity contribution in [2.24, 2.45) is 11.8 Å². The molecule has 14 heavy (non-hydrogen) atoms. The summed E-state index contributed by atoms with van der Waals surface area (Å²) in [5, 5.41) is 0. The molecule has 2 unspecified atom stereocenters. The Bertz CT molecular complexity index is 245. The lowest BCUT2D eigenvalue weighted by molar-refractivity contribution is -0.152. The van der Waals surface area contributed by atoms with Gasteiger partial charge in [0.15, 0.2) is 0 Å². The number of carbonyl (C=O) groups is 2. The van der Waals surface area contributed by atoms with Gasteiger partial charge in [-0.15, -0.1) is 0 Å². The SMILES string of the molecule is C=CCOC(=O)C1CCC(C)CC1=O. The van der Waals surface area contributed by atoms with Crippen LogP contribution in [0.15, 0.2) is 12.7 Å². The van der Waals surface area contributed by atoms with Crippen LogP contribution >= 0.6 is 0 Å². The van der Waals surface area contributed by atoms with E-state index < -0.39 is 5.92 Å². The van der Waals surface area contributed by atoms with Gasteiger partial charge in [0.25, 0.3) is 0 Å². The van der Waals surface area contributed by atoms with Gasteiger partial charge in [-0.25, -0.2) is 0 Å². The van der Waals surface area contributed by atoms with E-state index in [1.807, 2.05) is 6.92 Å². The van der Waals surface area contributed by atoms with Gasteiger partial charge in [-0.2, -0.15) is 0 Å². The predicted octanol–water partition coefficient (Wildman–Crippen LogP) is 1.72. The minimum absolute atomic E-state index is 0.0258. The fraction of sp³-hybridized carbons (Fsp3) is 0.636. The number of esters is 1. The highest BCUT2D eigenvalue weighted by molar-refractivity contribution is 5.99. The molecule has 3 heteroatoms. The Morgan fingerprint density at radius 2 is 2.36 bits per heavy atom. The van der Waals surface area contributed by atoms with Gasteiger partial charge in [0.05, 0.1) is 0 Å². The molecular formula is C11H16O3. The van der Waals surface area contributed by atoms with Crippen molar-refractivity contribution in [3.05, 3.63) is 12.7 Å². The molecule has 0 aromatic heterocycles. The fourth-order valence-electron chi connectivity index (χ4n) is 1.69. The summed E-state index contributed by atoms with van der Waals surface area (Å²) in [6.07, 6.45) is 3.58. The summed E-state index contributed by atoms with van der Waals surface area (Å²) in [5.41, 5.74) is 0. The largest absolute Gasteiger partial charge is 0.461 e. The first-order valence-electron chi connectivity index (χ1n) is 4.95. The van der Waals surface area contributed by atoms with Gasteiger partial charge >= 0.3 is 5.97 Å². The maximum Gasteiger partial charge on any atom is 0.316 e. The Morgan fingerprint density at radius 3 is 2.93 bits per heavy atom. The standard InChI is InChI=1S/C11H16O3/c1-3-6-14-11(13)9-5-4-8(2)7-10(9)12/h3,8-9H,1,4-7H2,2H3. The maximum absolute atomic E-state index is 11.5. The number of carbonyl (C=O) groups excluding carboxylic acids is 2. The van der Waals surface area contributed by atoms with Crippen LogP contribution in [0.5, 0.6) is 0 Å². The van der Waals surface area contributed by atoms with Gasteiger partial charge < -0.3 is 4.74 Å². The number of ether oxygens (including phenoxy) is 1. The van der Waals surface area contributed by atoms with E-state index in [1.54, 1.807) is 0 Å². The molecule has 0 amide bonds. The third-order valence-corrected chi connectivity index (χ3v) is 2.51. The van der Waals surface area contributed by atoms with Crippen molar-refractivity contribution < 1.29 is 14.3 Å². The van der Waals surface area contributed by atoms with Crippen LogP contribution in [-0.4, -0.2) is 18.4 Å². The lowest BCUT2D eigenvalue weighted by Gasteiger charge is -2.23. The molecule has 1 rings (SSSR count). The lowest BCUT2D eigenvalue weighted by Crippen LogP contribution is -2.31. The van der Waals surface area contributed by atoms with Crippen LogP contribution in [0.3, 0.4) is 0 Å². The molecule has 0 aromatic rings. The summed E-state index contributed by atoms with van der Waals surface area (Å²) in [6, 6.07) is 0. The molecule has 1 aliphatic carbocycles. The molecule has 2 atom stereocenters. The van der Waals surface area contributed by atoms with Crippen LogP contribution in [0.25, 0.3) is 0 Å². The van der Waals surface area contributed by atoms with Crippen molar-refractivity contribution in [1.82, 2.24) is 0 Å². The van der Waals surface area contributed by atoms with Crippen LogP contribution in [0.4, 0.5) is 0 Å². The van der Waals surface area contributed by atoms with Crippen LogP contribution in [0, 0.1) is 11.8 Å². The van der Waals surface area contributed by atoms with E-state index in [-0.39, 0.29) is 18.4 Å². The summed E-state index contributed by atoms with van der Waals surface area (Å²) >= 11 is 0. The second kappa shape index (κ2) is 4.94. The summed E-state index contributed by atoms with van der Waals surface area (Å²) in [7, 11) is 0. The van der Waals surface area contributed by atoms with E-state index in [9.17, 15) is 9.59 Å². The minimum atomic E-state index is -0.522. The summed E-state index contributed by atoms with van der Waals surface area (Å²) in [4.78, 5) is 22.9. The van der Waals surface area contributed by atoms with E-state index >= 15 is 0 Å². The molecule has 0 radical (unpaired) electrons. The molecule has 1 fully saturated rings. The van der Waals surface area contributed by atoms with Crippen LogP contribution < -0.4 is 0 Å². The predicted molar refractivity (Wildman–Crippen MR) is 52.7 cm³/mol. The van der Waals surface area contributed by atoms with E-state index in [1.165, 1.54) is 6.08 Å². The molecule has 3 nitrogen and oxygen atoms in total. The Labute approximate surface area is 84.1 Å². The summed E-state index contributed by atoms with van der Waals surface area (Å²) in [6.45, 7) is 5.67. The van der Waals surface area contributed by atoms with E-state index in [4.69, 9.17) is 4.74 Å². The number of hydrogen-bond acceptors (Lipinski definition) is 3. The molecule has 78 valence electrons. The summed E-state index contributed by atoms with van der Waals surface area (Å²) < 4.78 is 4.86. The van der Waals surface area contributed by atoms with Crippen molar-refractivity contribution in [1.29, 1.82) is 0 Å². The Kier molecular flexibility index (Phi) is 3.86. The van der Waals surface area contributed by atoms with Gasteiger partial charge in [0, 0.05) is 6.42 Å². The quantitative estimate of drug-likeness (QED) is 0.392. The van der Waals surface area contributed by atoms with Crippen LogP contribution in [-0.2, 0) is 14.3 Å². The van der Waals surface area contributed by atoms with Crippen LogP contribution in [0.2, 0.25) is 0 Å². The molecule has 0 N–H and O–H groups in total. The second-order valence-electron chi connectivity index (χ2n) is 3.82. The highest BCUT2D eigenvalue weighted by Crippen LogP contribution is 2.26. The normalized spacial score (nSPS) is 27.1. The number of ketones is 1. The monoisotopic (exact) mass is 196 g/mol. The van der Waals surface area contributed by atoms with Crippen molar-refractivity contribution in [3.63, 3.8) is 0 Å². The first-order valence-corrected chi connectivity index (χ1v) is 4.95. The lowest BCUT2D eigenvalue weighted by atomic mass is 9.82. The number of Topliss-reactive ketones (excluding diaryl/α,β-unsaturated/α-hetero) is 1. The van der Waals surface area contributed by atoms with Crippen molar-refractivity contribution in [2.75, 3.05) is 6.61 Å². The van der Waals surface area contributed by atoms with Gasteiger partial charge in [-0.05, 0) is 18.8 Å². The highest BCUT2D eigenvalue weighted by Gasteiger charge is 2.32. The maximum atomic E-state index is 11.5. The fourth-order valence-corrected chi connectivity index (χ4v) is 1.69. The molecule has 0 aromatic carbocycles. The zero-order valence-corrected chi connectivity index (χ0v) is 8.49. The van der Waals surface area contributed by atoms with Gasteiger partial charge in [-0.3, -0.25) is 9.59 Å².